The minimum absolute atomic E-state index is 0.113. The topological polar surface area (TPSA) is 60.4 Å². The lowest BCUT2D eigenvalue weighted by atomic mass is 10.1. The van der Waals surface area contributed by atoms with Crippen molar-refractivity contribution in [3.63, 3.8) is 0 Å². The number of aromatic nitrogens is 3. The Morgan fingerprint density at radius 1 is 1.09 bits per heavy atom. The summed E-state index contributed by atoms with van der Waals surface area (Å²) in [6.45, 7) is 0. The summed E-state index contributed by atoms with van der Waals surface area (Å²) in [5.41, 5.74) is -0.0348. The second kappa shape index (κ2) is 8.17. The number of nitrogens with zero attached hydrogens (tertiary/aromatic N) is 3. The predicted octanol–water partition coefficient (Wildman–Crippen LogP) is 5.22. The fraction of sp³-hybridized carbons (Fsp3) is 0.0870. The summed E-state index contributed by atoms with van der Waals surface area (Å²) < 4.78 is 46.4. The molecule has 0 spiro atoms. The Balaban J connectivity index is 1.46. The number of alkyl halides is 3. The van der Waals surface area contributed by atoms with Crippen molar-refractivity contribution in [2.24, 2.45) is 0 Å². The summed E-state index contributed by atoms with van der Waals surface area (Å²) in [5.74, 6) is 0.995. The van der Waals surface area contributed by atoms with Crippen molar-refractivity contribution in [3.05, 3.63) is 103 Å². The van der Waals surface area contributed by atoms with E-state index in [1.54, 1.807) is 6.07 Å². The average molecular weight is 488 g/mol. The van der Waals surface area contributed by atoms with Gasteiger partial charge < -0.3 is 4.42 Å². The molecule has 33 heavy (non-hydrogen) atoms. The van der Waals surface area contributed by atoms with Crippen LogP contribution >= 0.6 is 22.9 Å². The maximum absolute atomic E-state index is 13.0. The summed E-state index contributed by atoms with van der Waals surface area (Å²) in [6, 6.07) is 15.8. The number of hydrogen-bond acceptors (Lipinski definition) is 5. The molecule has 0 N–H and O–H groups in total. The molecule has 0 radical (unpaired) electrons. The summed E-state index contributed by atoms with van der Waals surface area (Å²) >= 11 is 7.23. The average Bonchev–Trinajstić information content (AvgIpc) is 3.46. The first-order chi connectivity index (χ1) is 15.8. The van der Waals surface area contributed by atoms with Gasteiger partial charge in [0.2, 0.25) is 4.96 Å². The first-order valence-electron chi connectivity index (χ1n) is 9.69. The van der Waals surface area contributed by atoms with Crippen LogP contribution in [0.15, 0.2) is 69.9 Å². The Hall–Kier alpha value is -3.43. The van der Waals surface area contributed by atoms with Crippen LogP contribution in [0.2, 0.25) is 5.02 Å². The Morgan fingerprint density at radius 2 is 1.88 bits per heavy atom. The van der Waals surface area contributed by atoms with Gasteiger partial charge in [-0.15, -0.1) is 5.10 Å². The van der Waals surface area contributed by atoms with Gasteiger partial charge in [0.1, 0.15) is 16.1 Å². The largest absolute Gasteiger partial charge is 0.457 e. The molecule has 0 saturated carbocycles. The van der Waals surface area contributed by atoms with Crippen molar-refractivity contribution in [3.8, 4) is 11.3 Å². The first kappa shape index (κ1) is 21.4. The number of fused-ring (bicyclic) bond motifs is 1. The van der Waals surface area contributed by atoms with E-state index in [1.807, 2.05) is 30.3 Å². The molecule has 0 aliphatic rings. The Bertz CT molecular complexity index is 1570. The van der Waals surface area contributed by atoms with Crippen molar-refractivity contribution in [1.29, 1.82) is 0 Å². The molecule has 3 heterocycles. The molecule has 5 aromatic rings. The number of benzene rings is 2. The van der Waals surface area contributed by atoms with Crippen LogP contribution in [0.1, 0.15) is 22.7 Å². The second-order valence-electron chi connectivity index (χ2n) is 7.19. The maximum Gasteiger partial charge on any atom is 0.416 e. The third-order valence-electron chi connectivity index (χ3n) is 4.89. The van der Waals surface area contributed by atoms with Gasteiger partial charge in [0.15, 0.2) is 5.82 Å². The van der Waals surface area contributed by atoms with E-state index >= 15 is 0 Å². The lowest BCUT2D eigenvalue weighted by Gasteiger charge is -2.09. The van der Waals surface area contributed by atoms with Crippen LogP contribution < -0.4 is 10.1 Å². The van der Waals surface area contributed by atoms with Gasteiger partial charge in [-0.1, -0.05) is 53.3 Å². The smallest absolute Gasteiger partial charge is 0.416 e. The lowest BCUT2D eigenvalue weighted by Crippen LogP contribution is -2.23. The first-order valence-corrected chi connectivity index (χ1v) is 10.9. The van der Waals surface area contributed by atoms with E-state index in [-0.39, 0.29) is 21.9 Å². The van der Waals surface area contributed by atoms with Gasteiger partial charge >= 0.3 is 6.18 Å². The molecule has 0 atom stereocenters. The highest BCUT2D eigenvalue weighted by molar-refractivity contribution is 7.15. The van der Waals surface area contributed by atoms with Crippen molar-refractivity contribution >= 4 is 34.0 Å². The van der Waals surface area contributed by atoms with Gasteiger partial charge in [-0.25, -0.2) is 4.98 Å². The maximum atomic E-state index is 13.0. The molecule has 5 nitrogen and oxygen atoms in total. The second-order valence-corrected chi connectivity index (χ2v) is 8.61. The van der Waals surface area contributed by atoms with E-state index in [0.717, 1.165) is 29.0 Å². The number of thiazole rings is 1. The van der Waals surface area contributed by atoms with Gasteiger partial charge in [0.25, 0.3) is 5.56 Å². The SMILES string of the molecule is O=c1c(=Cc2ccc(-c3cc(C(F)(F)F)ccc3Cl)o2)sc2nc(Cc3ccccc3)nn12. The standard InChI is InChI=1S/C23H13ClF3N3O2S/c24-17-8-6-14(23(25,26)27)11-16(17)18-9-7-15(32-18)12-19-21(31)30-22(33-19)28-20(29-30)10-13-4-2-1-3-5-13/h1-9,11-12H,10H2. The molecular weight excluding hydrogens is 475 g/mol. The number of furan rings is 1. The fourth-order valence-electron chi connectivity index (χ4n) is 3.32. The molecular formula is C23H13ClF3N3O2S. The molecule has 0 amide bonds. The zero-order chi connectivity index (χ0) is 23.2. The minimum atomic E-state index is -4.50. The Labute approximate surface area is 193 Å². The van der Waals surface area contributed by atoms with Crippen molar-refractivity contribution in [2.75, 3.05) is 0 Å². The zero-order valence-electron chi connectivity index (χ0n) is 16.6. The summed E-state index contributed by atoms with van der Waals surface area (Å²) in [6.07, 6.45) is -2.49. The highest BCUT2D eigenvalue weighted by Gasteiger charge is 2.31. The monoisotopic (exact) mass is 487 g/mol. The van der Waals surface area contributed by atoms with Gasteiger partial charge in [-0.05, 0) is 35.9 Å². The van der Waals surface area contributed by atoms with Crippen LogP contribution in [0.25, 0.3) is 22.4 Å². The van der Waals surface area contributed by atoms with E-state index in [2.05, 4.69) is 10.1 Å². The number of halogens is 4. The van der Waals surface area contributed by atoms with Crippen LogP contribution in [-0.2, 0) is 12.6 Å². The van der Waals surface area contributed by atoms with Gasteiger partial charge in [0.05, 0.1) is 10.6 Å². The molecule has 0 fully saturated rings. The van der Waals surface area contributed by atoms with Gasteiger partial charge in [-0.2, -0.15) is 17.7 Å². The molecule has 0 aliphatic heterocycles. The number of rotatable bonds is 4. The molecule has 0 bridgehead atoms. The quantitative estimate of drug-likeness (QED) is 0.348. The number of hydrogen-bond donors (Lipinski definition) is 0. The molecule has 2 aromatic carbocycles. The van der Waals surface area contributed by atoms with E-state index < -0.39 is 11.7 Å². The van der Waals surface area contributed by atoms with Crippen molar-refractivity contribution < 1.29 is 17.6 Å². The molecule has 0 unspecified atom stereocenters. The van der Waals surface area contributed by atoms with E-state index in [9.17, 15) is 18.0 Å². The highest BCUT2D eigenvalue weighted by atomic mass is 35.5. The van der Waals surface area contributed by atoms with Crippen LogP contribution in [0.5, 0.6) is 0 Å². The summed E-state index contributed by atoms with van der Waals surface area (Å²) in [5, 5.41) is 4.42. The molecule has 3 aromatic heterocycles. The highest BCUT2D eigenvalue weighted by Crippen LogP contribution is 2.36. The van der Waals surface area contributed by atoms with E-state index in [0.29, 0.717) is 27.5 Å². The molecule has 0 aliphatic carbocycles. The predicted molar refractivity (Wildman–Crippen MR) is 119 cm³/mol. The minimum Gasteiger partial charge on any atom is -0.457 e. The summed E-state index contributed by atoms with van der Waals surface area (Å²) in [7, 11) is 0. The van der Waals surface area contributed by atoms with E-state index in [4.69, 9.17) is 16.0 Å². The van der Waals surface area contributed by atoms with Crippen molar-refractivity contribution in [1.82, 2.24) is 14.6 Å². The molecule has 0 saturated heterocycles. The third kappa shape index (κ3) is 4.29. The van der Waals surface area contributed by atoms with Gasteiger partial charge in [-0.3, -0.25) is 4.79 Å². The fourth-order valence-corrected chi connectivity index (χ4v) is 4.44. The summed E-state index contributed by atoms with van der Waals surface area (Å²) in [4.78, 5) is 17.6. The Kier molecular flexibility index (Phi) is 5.30. The Morgan fingerprint density at radius 3 is 2.61 bits per heavy atom. The van der Waals surface area contributed by atoms with E-state index in [1.165, 1.54) is 22.7 Å². The normalized spacial score (nSPS) is 12.7. The molecule has 166 valence electrons. The molecule has 5 rings (SSSR count). The van der Waals surface area contributed by atoms with Gasteiger partial charge in [0, 0.05) is 18.1 Å². The lowest BCUT2D eigenvalue weighted by molar-refractivity contribution is -0.137. The van der Waals surface area contributed by atoms with Crippen molar-refractivity contribution in [2.45, 2.75) is 12.6 Å². The van der Waals surface area contributed by atoms with Crippen LogP contribution in [0.4, 0.5) is 13.2 Å². The van der Waals surface area contributed by atoms with Crippen LogP contribution in [-0.4, -0.2) is 14.6 Å². The van der Waals surface area contributed by atoms with Crippen LogP contribution in [0, 0.1) is 0 Å². The molecule has 10 heteroatoms. The van der Waals surface area contributed by atoms with Crippen LogP contribution in [0.3, 0.4) is 0 Å². The third-order valence-corrected chi connectivity index (χ3v) is 6.18. The zero-order valence-corrected chi connectivity index (χ0v) is 18.2.